The largest absolute Gasteiger partial charge is 0.351 e. The van der Waals surface area contributed by atoms with Crippen LogP contribution in [0.3, 0.4) is 0 Å². The Morgan fingerprint density at radius 2 is 2.38 bits per heavy atom. The lowest BCUT2D eigenvalue weighted by molar-refractivity contribution is 1.24. The fourth-order valence-electron chi connectivity index (χ4n) is 1.42. The Labute approximate surface area is 82.3 Å². The highest BCUT2D eigenvalue weighted by atomic mass is 35.5. The average molecular weight is 193 g/mol. The summed E-state index contributed by atoms with van der Waals surface area (Å²) in [6, 6.07) is 8.05. The maximum Gasteiger partial charge on any atom is 0.134 e. The van der Waals surface area contributed by atoms with Gasteiger partial charge in [-0.15, -0.1) is 0 Å². The molecule has 13 heavy (non-hydrogen) atoms. The second-order valence-electron chi connectivity index (χ2n) is 3.18. The maximum atomic E-state index is 8.67. The SMILES string of the molecule is Cc1c(Cl)cccc1N1CC1C#N. The molecule has 1 saturated heterocycles. The van der Waals surface area contributed by atoms with Gasteiger partial charge in [0.2, 0.25) is 0 Å². The summed E-state index contributed by atoms with van der Waals surface area (Å²) in [4.78, 5) is 2.04. The van der Waals surface area contributed by atoms with Crippen molar-refractivity contribution < 1.29 is 0 Å². The van der Waals surface area contributed by atoms with Crippen molar-refractivity contribution in [1.29, 1.82) is 5.26 Å². The lowest BCUT2D eigenvalue weighted by Gasteiger charge is -2.08. The first-order valence-electron chi connectivity index (χ1n) is 4.15. The van der Waals surface area contributed by atoms with E-state index in [1.165, 1.54) is 0 Å². The quantitative estimate of drug-likeness (QED) is 0.639. The Morgan fingerprint density at radius 1 is 1.62 bits per heavy atom. The molecule has 1 unspecified atom stereocenters. The molecule has 0 N–H and O–H groups in total. The second-order valence-corrected chi connectivity index (χ2v) is 3.59. The number of anilines is 1. The zero-order valence-electron chi connectivity index (χ0n) is 7.29. The van der Waals surface area contributed by atoms with Crippen LogP contribution in [0, 0.1) is 18.3 Å². The molecule has 3 heteroatoms. The number of halogens is 1. The molecule has 1 aromatic carbocycles. The van der Waals surface area contributed by atoms with Gasteiger partial charge in [0.25, 0.3) is 0 Å². The first-order chi connectivity index (χ1) is 6.24. The number of hydrogen-bond acceptors (Lipinski definition) is 2. The molecule has 1 fully saturated rings. The van der Waals surface area contributed by atoms with Gasteiger partial charge >= 0.3 is 0 Å². The first-order valence-corrected chi connectivity index (χ1v) is 4.53. The third kappa shape index (κ3) is 1.36. The molecule has 2 rings (SSSR count). The molecule has 66 valence electrons. The van der Waals surface area contributed by atoms with E-state index in [-0.39, 0.29) is 6.04 Å². The third-order valence-corrected chi connectivity index (χ3v) is 2.72. The molecule has 1 aliphatic heterocycles. The van der Waals surface area contributed by atoms with E-state index in [4.69, 9.17) is 16.9 Å². The summed E-state index contributed by atoms with van der Waals surface area (Å²) in [6.07, 6.45) is 0. The Morgan fingerprint density at radius 3 is 3.00 bits per heavy atom. The van der Waals surface area contributed by atoms with Crippen LogP contribution in [-0.2, 0) is 0 Å². The summed E-state index contributed by atoms with van der Waals surface area (Å²) in [5.41, 5.74) is 2.14. The van der Waals surface area contributed by atoms with Crippen molar-refractivity contribution in [3.05, 3.63) is 28.8 Å². The zero-order chi connectivity index (χ0) is 9.42. The molecule has 0 aliphatic carbocycles. The van der Waals surface area contributed by atoms with Crippen molar-refractivity contribution in [2.45, 2.75) is 13.0 Å². The molecular weight excluding hydrogens is 184 g/mol. The Balaban J connectivity index is 2.33. The summed E-state index contributed by atoms with van der Waals surface area (Å²) in [6.45, 7) is 2.81. The Bertz CT molecular complexity index is 381. The highest BCUT2D eigenvalue weighted by Gasteiger charge is 2.35. The fourth-order valence-corrected chi connectivity index (χ4v) is 1.59. The number of nitrogens with zero attached hydrogens (tertiary/aromatic N) is 2. The predicted molar refractivity (Wildman–Crippen MR) is 52.9 cm³/mol. The van der Waals surface area contributed by atoms with Crippen molar-refractivity contribution in [2.75, 3.05) is 11.4 Å². The second kappa shape index (κ2) is 2.93. The van der Waals surface area contributed by atoms with Crippen molar-refractivity contribution in [3.63, 3.8) is 0 Å². The summed E-state index contributed by atoms with van der Waals surface area (Å²) in [5.74, 6) is 0. The Kier molecular flexibility index (Phi) is 1.90. The standard InChI is InChI=1S/C10H9ClN2/c1-7-9(11)3-2-4-10(7)13-6-8(13)5-12/h2-4,8H,6H2,1H3. The van der Waals surface area contributed by atoms with Gasteiger partial charge in [0.1, 0.15) is 6.04 Å². The van der Waals surface area contributed by atoms with Crippen molar-refractivity contribution in [2.24, 2.45) is 0 Å². The summed E-state index contributed by atoms with van der Waals surface area (Å²) >= 11 is 5.97. The van der Waals surface area contributed by atoms with Crippen LogP contribution in [0.5, 0.6) is 0 Å². The maximum absolute atomic E-state index is 8.67. The van der Waals surface area contributed by atoms with Gasteiger partial charge in [-0.1, -0.05) is 17.7 Å². The van der Waals surface area contributed by atoms with Crippen LogP contribution in [0.4, 0.5) is 5.69 Å². The summed E-state index contributed by atoms with van der Waals surface area (Å²) < 4.78 is 0. The number of rotatable bonds is 1. The van der Waals surface area contributed by atoms with Crippen LogP contribution in [0.25, 0.3) is 0 Å². The number of benzene rings is 1. The monoisotopic (exact) mass is 192 g/mol. The lowest BCUT2D eigenvalue weighted by Crippen LogP contribution is -1.98. The van der Waals surface area contributed by atoms with Crippen LogP contribution in [-0.4, -0.2) is 12.6 Å². The van der Waals surface area contributed by atoms with Crippen LogP contribution in [0.15, 0.2) is 18.2 Å². The minimum atomic E-state index is 0.0529. The molecule has 0 spiro atoms. The van der Waals surface area contributed by atoms with Gasteiger partial charge in [0.15, 0.2) is 0 Å². The highest BCUT2D eigenvalue weighted by Crippen LogP contribution is 2.33. The van der Waals surface area contributed by atoms with Gasteiger partial charge < -0.3 is 4.90 Å². The molecule has 0 bridgehead atoms. The van der Waals surface area contributed by atoms with Crippen molar-refractivity contribution in [1.82, 2.24) is 0 Å². The Hall–Kier alpha value is -1.20. The van der Waals surface area contributed by atoms with Crippen molar-refractivity contribution in [3.8, 4) is 6.07 Å². The minimum Gasteiger partial charge on any atom is -0.351 e. The van der Waals surface area contributed by atoms with E-state index in [1.54, 1.807) is 0 Å². The molecular formula is C10H9ClN2. The van der Waals surface area contributed by atoms with Crippen LogP contribution < -0.4 is 4.90 Å². The molecule has 0 radical (unpaired) electrons. The molecule has 2 nitrogen and oxygen atoms in total. The van der Waals surface area contributed by atoms with Gasteiger partial charge in [-0.3, -0.25) is 0 Å². The molecule has 0 amide bonds. The molecule has 0 saturated carbocycles. The molecule has 1 aliphatic rings. The lowest BCUT2D eigenvalue weighted by atomic mass is 10.2. The van der Waals surface area contributed by atoms with Gasteiger partial charge in [0, 0.05) is 10.7 Å². The van der Waals surface area contributed by atoms with Gasteiger partial charge in [0.05, 0.1) is 12.6 Å². The summed E-state index contributed by atoms with van der Waals surface area (Å²) in [5, 5.41) is 9.44. The first kappa shape index (κ1) is 8.40. The van der Waals surface area contributed by atoms with Crippen LogP contribution in [0.1, 0.15) is 5.56 Å². The summed E-state index contributed by atoms with van der Waals surface area (Å²) in [7, 11) is 0. The third-order valence-electron chi connectivity index (χ3n) is 2.31. The van der Waals surface area contributed by atoms with E-state index in [0.29, 0.717) is 0 Å². The van der Waals surface area contributed by atoms with Crippen LogP contribution in [0.2, 0.25) is 5.02 Å². The van der Waals surface area contributed by atoms with E-state index < -0.39 is 0 Å². The van der Waals surface area contributed by atoms with E-state index in [9.17, 15) is 0 Å². The normalized spacial score (nSPS) is 19.8. The van der Waals surface area contributed by atoms with Gasteiger partial charge in [-0.05, 0) is 24.6 Å². The minimum absolute atomic E-state index is 0.0529. The van der Waals surface area contributed by atoms with Crippen molar-refractivity contribution >= 4 is 17.3 Å². The zero-order valence-corrected chi connectivity index (χ0v) is 8.04. The molecule has 0 aromatic heterocycles. The number of nitriles is 1. The van der Waals surface area contributed by atoms with Gasteiger partial charge in [-0.25, -0.2) is 0 Å². The van der Waals surface area contributed by atoms with E-state index in [1.807, 2.05) is 30.0 Å². The topological polar surface area (TPSA) is 26.8 Å². The molecule has 1 heterocycles. The van der Waals surface area contributed by atoms with E-state index in [0.717, 1.165) is 22.8 Å². The van der Waals surface area contributed by atoms with Crippen LogP contribution >= 0.6 is 11.6 Å². The fraction of sp³-hybridized carbons (Fsp3) is 0.300. The highest BCUT2D eigenvalue weighted by molar-refractivity contribution is 6.31. The smallest absolute Gasteiger partial charge is 0.134 e. The van der Waals surface area contributed by atoms with Gasteiger partial charge in [-0.2, -0.15) is 5.26 Å². The van der Waals surface area contributed by atoms with E-state index >= 15 is 0 Å². The van der Waals surface area contributed by atoms with E-state index in [2.05, 4.69) is 6.07 Å². The average Bonchev–Trinajstić information content (AvgIpc) is 2.89. The molecule has 1 aromatic rings. The molecule has 1 atom stereocenters. The predicted octanol–water partition coefficient (Wildman–Crippen LogP) is 2.36. The number of hydrogen-bond donors (Lipinski definition) is 0.